The number of nitrogens with one attached hydrogen (secondary N) is 2. The smallest absolute Gasteiger partial charge is 0.181 e. The fraction of sp³-hybridized carbons (Fsp3) is 0.318. The number of ketones is 2. The molecule has 2 N–H and O–H groups in total. The number of piperidine rings is 1. The lowest BCUT2D eigenvalue weighted by molar-refractivity contribution is -0.0138. The second-order valence-corrected chi connectivity index (χ2v) is 7.70. The van der Waals surface area contributed by atoms with Gasteiger partial charge in [-0.25, -0.2) is 0 Å². The standard InChI is InChI=1S/C22H21N3O3/c1-13-10-14(11-15-12-24-25-19(13)15)20(26)18-21(27)16-4-2-3-5-17(16)28-22(18)6-8-23-9-7-22/h2-5,10-12,18,23H,6-9H2,1H3,(H,24,25). The molecule has 1 atom stereocenters. The summed E-state index contributed by atoms with van der Waals surface area (Å²) in [6, 6.07) is 10.9. The summed E-state index contributed by atoms with van der Waals surface area (Å²) < 4.78 is 6.39. The van der Waals surface area contributed by atoms with E-state index in [9.17, 15) is 9.59 Å². The van der Waals surface area contributed by atoms with Gasteiger partial charge in [-0.2, -0.15) is 5.10 Å². The Bertz CT molecular complexity index is 1100. The SMILES string of the molecule is Cc1cc(C(=O)C2C(=O)c3ccccc3OC23CCNCC3)cc2cn[nH]c12. The van der Waals surface area contributed by atoms with Gasteiger partial charge in [0.1, 0.15) is 17.3 Å². The first-order valence-electron chi connectivity index (χ1n) is 9.60. The molecule has 1 fully saturated rings. The van der Waals surface area contributed by atoms with Crippen molar-refractivity contribution in [2.24, 2.45) is 5.92 Å². The molecule has 2 aromatic carbocycles. The summed E-state index contributed by atoms with van der Waals surface area (Å²) in [6.07, 6.45) is 2.95. The van der Waals surface area contributed by atoms with Crippen molar-refractivity contribution in [3.63, 3.8) is 0 Å². The highest BCUT2D eigenvalue weighted by Crippen LogP contribution is 2.43. The number of rotatable bonds is 2. The van der Waals surface area contributed by atoms with Crippen molar-refractivity contribution in [3.8, 4) is 5.75 Å². The molecule has 1 spiro atoms. The number of H-pyrrole nitrogens is 1. The first-order valence-corrected chi connectivity index (χ1v) is 9.60. The predicted octanol–water partition coefficient (Wildman–Crippen LogP) is 3.07. The number of aromatic amines is 1. The number of benzene rings is 2. The molecule has 5 rings (SSSR count). The number of aryl methyl sites for hydroxylation is 1. The number of carbonyl (C=O) groups excluding carboxylic acids is 2. The van der Waals surface area contributed by atoms with Crippen LogP contribution in [-0.4, -0.2) is 40.5 Å². The molecule has 0 aliphatic carbocycles. The van der Waals surface area contributed by atoms with Gasteiger partial charge in [-0.1, -0.05) is 12.1 Å². The number of ether oxygens (including phenoxy) is 1. The third kappa shape index (κ3) is 2.48. The fourth-order valence-corrected chi connectivity index (χ4v) is 4.57. The van der Waals surface area contributed by atoms with E-state index in [1.165, 1.54) is 0 Å². The van der Waals surface area contributed by atoms with Gasteiger partial charge in [0.05, 0.1) is 17.3 Å². The van der Waals surface area contributed by atoms with Gasteiger partial charge in [0.2, 0.25) is 0 Å². The molecule has 0 radical (unpaired) electrons. The zero-order chi connectivity index (χ0) is 19.3. The second-order valence-electron chi connectivity index (χ2n) is 7.70. The zero-order valence-electron chi connectivity index (χ0n) is 15.6. The Morgan fingerprint density at radius 3 is 2.82 bits per heavy atom. The van der Waals surface area contributed by atoms with Crippen LogP contribution in [0.4, 0.5) is 0 Å². The van der Waals surface area contributed by atoms with Crippen LogP contribution >= 0.6 is 0 Å². The van der Waals surface area contributed by atoms with Crippen LogP contribution in [0, 0.1) is 12.8 Å². The van der Waals surface area contributed by atoms with Gasteiger partial charge in [0.25, 0.3) is 0 Å². The van der Waals surface area contributed by atoms with Crippen molar-refractivity contribution in [3.05, 3.63) is 59.3 Å². The quantitative estimate of drug-likeness (QED) is 0.531. The van der Waals surface area contributed by atoms with Gasteiger partial charge < -0.3 is 10.1 Å². The van der Waals surface area contributed by atoms with Crippen molar-refractivity contribution in [2.45, 2.75) is 25.4 Å². The molecule has 1 aromatic heterocycles. The second kappa shape index (κ2) is 6.27. The van der Waals surface area contributed by atoms with Crippen LogP contribution < -0.4 is 10.1 Å². The summed E-state index contributed by atoms with van der Waals surface area (Å²) in [5, 5.41) is 11.2. The molecule has 0 amide bonds. The van der Waals surface area contributed by atoms with E-state index in [1.807, 2.05) is 37.3 Å². The van der Waals surface area contributed by atoms with E-state index in [-0.39, 0.29) is 11.6 Å². The van der Waals surface area contributed by atoms with E-state index < -0.39 is 11.5 Å². The Kier molecular flexibility index (Phi) is 3.84. The third-order valence-electron chi connectivity index (χ3n) is 6.00. The van der Waals surface area contributed by atoms with Crippen molar-refractivity contribution < 1.29 is 14.3 Å². The zero-order valence-corrected chi connectivity index (χ0v) is 15.6. The molecule has 2 aliphatic rings. The van der Waals surface area contributed by atoms with Gasteiger partial charge in [-0.3, -0.25) is 14.7 Å². The summed E-state index contributed by atoms with van der Waals surface area (Å²) in [7, 11) is 0. The van der Waals surface area contributed by atoms with Crippen LogP contribution in [0.1, 0.15) is 39.1 Å². The summed E-state index contributed by atoms with van der Waals surface area (Å²) in [5.41, 5.74) is 2.07. The highest BCUT2D eigenvalue weighted by Gasteiger charge is 2.53. The monoisotopic (exact) mass is 375 g/mol. The molecular weight excluding hydrogens is 354 g/mol. The molecule has 2 aliphatic heterocycles. The Morgan fingerprint density at radius 2 is 2.00 bits per heavy atom. The first-order chi connectivity index (χ1) is 13.6. The van der Waals surface area contributed by atoms with Crippen LogP contribution in [0.25, 0.3) is 10.9 Å². The number of hydrogen-bond donors (Lipinski definition) is 2. The lowest BCUT2D eigenvalue weighted by atomic mass is 9.70. The maximum Gasteiger partial charge on any atom is 0.181 e. The normalized spacial score (nSPS) is 20.8. The van der Waals surface area contributed by atoms with Gasteiger partial charge in [0, 0.05) is 23.8 Å². The van der Waals surface area contributed by atoms with E-state index in [0.29, 0.717) is 29.7 Å². The van der Waals surface area contributed by atoms with Crippen molar-refractivity contribution in [1.82, 2.24) is 15.5 Å². The summed E-state index contributed by atoms with van der Waals surface area (Å²) in [5.74, 6) is -0.570. The molecule has 1 unspecified atom stereocenters. The summed E-state index contributed by atoms with van der Waals surface area (Å²) in [4.78, 5) is 27.1. The minimum atomic E-state index is -0.840. The van der Waals surface area contributed by atoms with Gasteiger partial charge >= 0.3 is 0 Å². The number of nitrogens with zero attached hydrogens (tertiary/aromatic N) is 1. The van der Waals surface area contributed by atoms with Crippen molar-refractivity contribution >= 4 is 22.5 Å². The van der Waals surface area contributed by atoms with Crippen LogP contribution in [0.3, 0.4) is 0 Å². The molecule has 3 aromatic rings. The number of hydrogen-bond acceptors (Lipinski definition) is 5. The van der Waals surface area contributed by atoms with Crippen molar-refractivity contribution in [1.29, 1.82) is 0 Å². The molecule has 142 valence electrons. The Balaban J connectivity index is 1.64. The summed E-state index contributed by atoms with van der Waals surface area (Å²) >= 11 is 0. The average molecular weight is 375 g/mol. The highest BCUT2D eigenvalue weighted by atomic mass is 16.5. The Hall–Kier alpha value is -2.99. The lowest BCUT2D eigenvalue weighted by Crippen LogP contribution is -2.58. The number of carbonyl (C=O) groups is 2. The van der Waals surface area contributed by atoms with Gasteiger partial charge in [0.15, 0.2) is 11.6 Å². The number of aromatic nitrogens is 2. The molecule has 3 heterocycles. The van der Waals surface area contributed by atoms with E-state index in [4.69, 9.17) is 4.74 Å². The number of fused-ring (bicyclic) bond motifs is 2. The van der Waals surface area contributed by atoms with Crippen LogP contribution in [0.5, 0.6) is 5.75 Å². The molecule has 6 heteroatoms. The number of Topliss-reactive ketones (excluding diaryl/α,β-unsaturated/α-hetero) is 2. The van der Waals surface area contributed by atoms with Crippen LogP contribution in [-0.2, 0) is 0 Å². The molecule has 0 bridgehead atoms. The predicted molar refractivity (Wildman–Crippen MR) is 105 cm³/mol. The first kappa shape index (κ1) is 17.1. The van der Waals surface area contributed by atoms with Gasteiger partial charge in [-0.15, -0.1) is 0 Å². The molecule has 1 saturated heterocycles. The molecule has 0 saturated carbocycles. The minimum Gasteiger partial charge on any atom is -0.485 e. The molecule has 6 nitrogen and oxygen atoms in total. The third-order valence-corrected chi connectivity index (χ3v) is 6.00. The maximum absolute atomic E-state index is 13.7. The van der Waals surface area contributed by atoms with E-state index >= 15 is 0 Å². The van der Waals surface area contributed by atoms with Gasteiger partial charge in [-0.05, 0) is 49.8 Å². The largest absolute Gasteiger partial charge is 0.485 e. The van der Waals surface area contributed by atoms with Crippen LogP contribution in [0.2, 0.25) is 0 Å². The lowest BCUT2D eigenvalue weighted by Gasteiger charge is -2.45. The topological polar surface area (TPSA) is 84.1 Å². The van der Waals surface area contributed by atoms with E-state index in [1.54, 1.807) is 12.3 Å². The Morgan fingerprint density at radius 1 is 1.21 bits per heavy atom. The van der Waals surface area contributed by atoms with E-state index in [2.05, 4.69) is 15.5 Å². The average Bonchev–Trinajstić information content (AvgIpc) is 3.18. The van der Waals surface area contributed by atoms with Crippen LogP contribution in [0.15, 0.2) is 42.6 Å². The van der Waals surface area contributed by atoms with E-state index in [0.717, 1.165) is 29.6 Å². The minimum absolute atomic E-state index is 0.140. The maximum atomic E-state index is 13.7. The summed E-state index contributed by atoms with van der Waals surface area (Å²) in [6.45, 7) is 3.38. The Labute approximate surface area is 162 Å². The fourth-order valence-electron chi connectivity index (χ4n) is 4.57. The van der Waals surface area contributed by atoms with Crippen molar-refractivity contribution in [2.75, 3.05) is 13.1 Å². The number of para-hydroxylation sites is 1. The highest BCUT2D eigenvalue weighted by molar-refractivity contribution is 6.19. The molecule has 28 heavy (non-hydrogen) atoms. The molecular formula is C22H21N3O3.